The van der Waals surface area contributed by atoms with Crippen molar-refractivity contribution in [2.45, 2.75) is 102 Å². The molecule has 3 unspecified atom stereocenters. The number of nitrogens with zero attached hydrogens (tertiary/aromatic N) is 1. The summed E-state index contributed by atoms with van der Waals surface area (Å²) < 4.78 is 30.4. The number of ether oxygens (including phenoxy) is 5. The standard InChI is InChI=1S/C22H39NO6/c1-4-7-10-25-15-18-20(26-11-8-5-2)21(27-12-9-6-3)19-17(29-18)13-16-14-28-22(24)23(16)19/h16-21H,4-15H2,1-3H3/t16-,17+,18?,19?,20+,21?/m0/s1. The monoisotopic (exact) mass is 413 g/mol. The number of unbranched alkanes of at least 4 members (excludes halogenated alkanes) is 3. The summed E-state index contributed by atoms with van der Waals surface area (Å²) >= 11 is 0. The molecular weight excluding hydrogens is 374 g/mol. The number of hydrogen-bond donors (Lipinski definition) is 0. The number of rotatable bonds is 13. The first kappa shape index (κ1) is 22.8. The number of cyclic esters (lactones) is 1. The average Bonchev–Trinajstić information content (AvgIpc) is 3.26. The molecule has 1 amide bonds. The van der Waals surface area contributed by atoms with Crippen molar-refractivity contribution in [1.29, 1.82) is 0 Å². The fourth-order valence-corrected chi connectivity index (χ4v) is 4.52. The van der Waals surface area contributed by atoms with Gasteiger partial charge in [-0.1, -0.05) is 40.0 Å². The van der Waals surface area contributed by atoms with Crippen molar-refractivity contribution in [3.05, 3.63) is 0 Å². The van der Waals surface area contributed by atoms with Gasteiger partial charge >= 0.3 is 6.09 Å². The second kappa shape index (κ2) is 11.5. The van der Waals surface area contributed by atoms with Crippen LogP contribution in [0.2, 0.25) is 0 Å². The van der Waals surface area contributed by atoms with Crippen molar-refractivity contribution in [2.24, 2.45) is 0 Å². The minimum atomic E-state index is -0.250. The maximum atomic E-state index is 12.4. The molecule has 0 saturated carbocycles. The SMILES string of the molecule is CCCCOCC1O[C@@H]2C[C@H]3COC(=O)N3C2C(OCCCC)[C@@H]1OCCCC. The molecule has 3 aliphatic rings. The summed E-state index contributed by atoms with van der Waals surface area (Å²) in [6.45, 7) is 9.46. The Morgan fingerprint density at radius 3 is 2.31 bits per heavy atom. The molecule has 7 heteroatoms. The van der Waals surface area contributed by atoms with Gasteiger partial charge in [0.25, 0.3) is 0 Å². The van der Waals surface area contributed by atoms with Crippen LogP contribution in [0.5, 0.6) is 0 Å². The Hall–Kier alpha value is -0.890. The van der Waals surface area contributed by atoms with Crippen molar-refractivity contribution >= 4 is 6.09 Å². The molecule has 0 N–H and O–H groups in total. The molecule has 3 saturated heterocycles. The summed E-state index contributed by atoms with van der Waals surface area (Å²) in [5, 5.41) is 0. The summed E-state index contributed by atoms with van der Waals surface area (Å²) in [6.07, 6.45) is 6.12. The summed E-state index contributed by atoms with van der Waals surface area (Å²) in [4.78, 5) is 14.3. The largest absolute Gasteiger partial charge is 0.447 e. The molecule has 0 aromatic heterocycles. The zero-order chi connectivity index (χ0) is 20.6. The van der Waals surface area contributed by atoms with Gasteiger partial charge in [0.05, 0.1) is 24.8 Å². The van der Waals surface area contributed by atoms with Crippen LogP contribution in [-0.4, -0.2) is 80.5 Å². The first-order valence-corrected chi connectivity index (χ1v) is 11.6. The zero-order valence-corrected chi connectivity index (χ0v) is 18.3. The first-order valence-electron chi connectivity index (χ1n) is 11.6. The van der Waals surface area contributed by atoms with E-state index in [1.807, 2.05) is 4.90 Å². The Morgan fingerprint density at radius 1 is 0.966 bits per heavy atom. The normalized spacial score (nSPS) is 33.6. The molecule has 0 radical (unpaired) electrons. The van der Waals surface area contributed by atoms with Gasteiger partial charge in [0.15, 0.2) is 0 Å². The lowest BCUT2D eigenvalue weighted by Crippen LogP contribution is -2.63. The van der Waals surface area contributed by atoms with Gasteiger partial charge in [0.2, 0.25) is 0 Å². The van der Waals surface area contributed by atoms with Crippen molar-refractivity contribution in [3.8, 4) is 0 Å². The fourth-order valence-electron chi connectivity index (χ4n) is 4.52. The lowest BCUT2D eigenvalue weighted by Gasteiger charge is -2.45. The van der Waals surface area contributed by atoms with E-state index in [-0.39, 0.29) is 42.6 Å². The summed E-state index contributed by atoms with van der Waals surface area (Å²) in [6, 6.07) is -0.0730. The summed E-state index contributed by atoms with van der Waals surface area (Å²) in [5.41, 5.74) is 0. The van der Waals surface area contributed by atoms with E-state index in [4.69, 9.17) is 23.7 Å². The van der Waals surface area contributed by atoms with Gasteiger partial charge in [-0.05, 0) is 25.7 Å². The molecule has 3 aliphatic heterocycles. The van der Waals surface area contributed by atoms with E-state index in [2.05, 4.69) is 20.8 Å². The Balaban J connectivity index is 1.76. The summed E-state index contributed by atoms with van der Waals surface area (Å²) in [5.74, 6) is 0. The minimum absolute atomic E-state index is 0.0507. The van der Waals surface area contributed by atoms with Crippen LogP contribution in [0.4, 0.5) is 4.79 Å². The van der Waals surface area contributed by atoms with Gasteiger partial charge in [-0.3, -0.25) is 4.90 Å². The van der Waals surface area contributed by atoms with Gasteiger partial charge < -0.3 is 23.7 Å². The van der Waals surface area contributed by atoms with Gasteiger partial charge in [-0.25, -0.2) is 4.79 Å². The fraction of sp³-hybridized carbons (Fsp3) is 0.955. The third-order valence-corrected chi connectivity index (χ3v) is 6.13. The molecule has 0 aromatic carbocycles. The lowest BCUT2D eigenvalue weighted by molar-refractivity contribution is -0.227. The van der Waals surface area contributed by atoms with E-state index in [1.54, 1.807) is 0 Å². The Kier molecular flexibility index (Phi) is 9.03. The molecule has 0 aliphatic carbocycles. The number of fused-ring (bicyclic) bond motifs is 3. The van der Waals surface area contributed by atoms with E-state index in [0.717, 1.165) is 51.6 Å². The van der Waals surface area contributed by atoms with Crippen molar-refractivity contribution in [3.63, 3.8) is 0 Å². The predicted octanol–water partition coefficient (Wildman–Crippen LogP) is 3.53. The number of hydrogen-bond acceptors (Lipinski definition) is 6. The Labute approximate surface area is 175 Å². The highest BCUT2D eigenvalue weighted by Crippen LogP contribution is 2.40. The highest BCUT2D eigenvalue weighted by molar-refractivity contribution is 5.71. The van der Waals surface area contributed by atoms with Gasteiger partial charge in [0, 0.05) is 19.8 Å². The number of carbonyl (C=O) groups excluding carboxylic acids is 1. The quantitative estimate of drug-likeness (QED) is 0.430. The predicted molar refractivity (Wildman–Crippen MR) is 109 cm³/mol. The van der Waals surface area contributed by atoms with E-state index in [1.165, 1.54) is 0 Å². The molecule has 3 rings (SSSR count). The second-order valence-electron chi connectivity index (χ2n) is 8.38. The molecule has 3 heterocycles. The maximum Gasteiger partial charge on any atom is 0.410 e. The molecule has 0 spiro atoms. The molecular formula is C22H39NO6. The van der Waals surface area contributed by atoms with Crippen LogP contribution in [-0.2, 0) is 23.7 Å². The Bertz CT molecular complexity index is 504. The van der Waals surface area contributed by atoms with Crippen LogP contribution in [0.1, 0.15) is 65.7 Å². The molecule has 7 nitrogen and oxygen atoms in total. The van der Waals surface area contributed by atoms with Crippen LogP contribution in [0.15, 0.2) is 0 Å². The average molecular weight is 414 g/mol. The van der Waals surface area contributed by atoms with Crippen molar-refractivity contribution < 1.29 is 28.5 Å². The van der Waals surface area contributed by atoms with Crippen LogP contribution < -0.4 is 0 Å². The smallest absolute Gasteiger partial charge is 0.410 e. The van der Waals surface area contributed by atoms with E-state index < -0.39 is 0 Å². The van der Waals surface area contributed by atoms with Crippen LogP contribution in [0.3, 0.4) is 0 Å². The number of carbonyl (C=O) groups is 1. The van der Waals surface area contributed by atoms with Crippen molar-refractivity contribution in [2.75, 3.05) is 33.0 Å². The van der Waals surface area contributed by atoms with Crippen LogP contribution in [0.25, 0.3) is 0 Å². The van der Waals surface area contributed by atoms with E-state index >= 15 is 0 Å². The highest BCUT2D eigenvalue weighted by atomic mass is 16.6. The van der Waals surface area contributed by atoms with E-state index in [9.17, 15) is 4.79 Å². The third-order valence-electron chi connectivity index (χ3n) is 6.13. The van der Waals surface area contributed by atoms with Crippen LogP contribution in [0, 0.1) is 0 Å². The molecule has 168 valence electrons. The van der Waals surface area contributed by atoms with E-state index in [0.29, 0.717) is 26.4 Å². The minimum Gasteiger partial charge on any atom is -0.447 e. The lowest BCUT2D eigenvalue weighted by atomic mass is 9.92. The molecule has 0 bridgehead atoms. The molecule has 0 aromatic rings. The topological polar surface area (TPSA) is 66.5 Å². The van der Waals surface area contributed by atoms with Gasteiger partial charge in [-0.15, -0.1) is 0 Å². The molecule has 29 heavy (non-hydrogen) atoms. The zero-order valence-electron chi connectivity index (χ0n) is 18.3. The maximum absolute atomic E-state index is 12.4. The second-order valence-corrected chi connectivity index (χ2v) is 8.38. The van der Waals surface area contributed by atoms with Gasteiger partial charge in [0.1, 0.15) is 24.9 Å². The van der Waals surface area contributed by atoms with Crippen molar-refractivity contribution in [1.82, 2.24) is 4.90 Å². The Morgan fingerprint density at radius 2 is 1.62 bits per heavy atom. The first-order chi connectivity index (χ1) is 14.2. The summed E-state index contributed by atoms with van der Waals surface area (Å²) in [7, 11) is 0. The van der Waals surface area contributed by atoms with Crippen LogP contribution >= 0.6 is 0 Å². The highest BCUT2D eigenvalue weighted by Gasteiger charge is 2.59. The third kappa shape index (κ3) is 5.43. The molecule has 3 fully saturated rings. The molecule has 6 atom stereocenters. The van der Waals surface area contributed by atoms with Gasteiger partial charge in [-0.2, -0.15) is 0 Å². The number of amides is 1.